The average Bonchev–Trinajstić information content (AvgIpc) is 2.38. The molecule has 2 rings (SSSR count). The largest absolute Gasteiger partial charge is 0.576 e. The zero-order valence-corrected chi connectivity index (χ0v) is 11.0. The summed E-state index contributed by atoms with van der Waals surface area (Å²) in [5.74, 6) is -0.334. The van der Waals surface area contributed by atoms with Crippen LogP contribution in [-0.4, -0.2) is 7.69 Å². The van der Waals surface area contributed by atoms with Gasteiger partial charge in [0.15, 0.2) is 0 Å². The Morgan fingerprint density at radius 3 is 1.58 bits per heavy atom. The molecule has 19 heavy (non-hydrogen) atoms. The van der Waals surface area contributed by atoms with E-state index in [1.165, 1.54) is 36.4 Å². The van der Waals surface area contributed by atoms with Gasteiger partial charge in [-0.2, -0.15) is 0 Å². The maximum Gasteiger partial charge on any atom is 0.576 e. The summed E-state index contributed by atoms with van der Waals surface area (Å²) < 4.78 is 36.2. The molecule has 98 valence electrons. The van der Waals surface area contributed by atoms with Gasteiger partial charge in [-0.15, -0.1) is 0 Å². The fourth-order valence-corrected chi connectivity index (χ4v) is 1.64. The van der Waals surface area contributed by atoms with Gasteiger partial charge >= 0.3 is 7.69 Å². The summed E-state index contributed by atoms with van der Waals surface area (Å²) in [5.41, 5.74) is 0. The Balaban J connectivity index is 1.92. The normalized spacial score (nSPS) is 10.1. The van der Waals surface area contributed by atoms with E-state index in [2.05, 4.69) is 0 Å². The summed E-state index contributed by atoms with van der Waals surface area (Å²) in [6.45, 7) is 0. The van der Waals surface area contributed by atoms with E-state index in [0.29, 0.717) is 11.5 Å². The van der Waals surface area contributed by atoms with Gasteiger partial charge in [-0.05, 0) is 36.4 Å². The molecule has 7 heteroatoms. The van der Waals surface area contributed by atoms with E-state index in [9.17, 15) is 8.78 Å². The maximum absolute atomic E-state index is 12.9. The Hall–Kier alpha value is -1.46. The fourth-order valence-electron chi connectivity index (χ4n) is 1.30. The molecule has 0 saturated heterocycles. The smallest absolute Gasteiger partial charge is 0.528 e. The zero-order chi connectivity index (χ0) is 13.8. The molecule has 0 aliphatic carbocycles. The van der Waals surface area contributed by atoms with Crippen molar-refractivity contribution in [2.45, 2.75) is 0 Å². The molecule has 0 radical (unpaired) electrons. The van der Waals surface area contributed by atoms with Crippen molar-refractivity contribution in [1.29, 1.82) is 0 Å². The molecule has 0 unspecified atom stereocenters. The molecule has 2 nitrogen and oxygen atoms in total. The molecule has 0 amide bonds. The van der Waals surface area contributed by atoms with Crippen molar-refractivity contribution < 1.29 is 18.1 Å². The number of hydrogen-bond donors (Lipinski definition) is 0. The van der Waals surface area contributed by atoms with Crippen LogP contribution < -0.4 is 9.31 Å². The van der Waals surface area contributed by atoms with Crippen molar-refractivity contribution in [3.8, 4) is 11.5 Å². The van der Waals surface area contributed by atoms with Crippen LogP contribution in [0.25, 0.3) is 0 Å². The van der Waals surface area contributed by atoms with Crippen molar-refractivity contribution in [2.75, 3.05) is 0 Å². The van der Waals surface area contributed by atoms with Gasteiger partial charge in [0.1, 0.15) is 23.1 Å². The summed E-state index contributed by atoms with van der Waals surface area (Å²) in [4.78, 5) is 0. The first kappa shape index (κ1) is 14.0. The van der Waals surface area contributed by atoms with Crippen LogP contribution in [0.3, 0.4) is 0 Å². The van der Waals surface area contributed by atoms with Crippen LogP contribution in [0.2, 0.25) is 10.0 Å². The first-order valence-corrected chi connectivity index (χ1v) is 5.97. The molecular formula is C12H7BCl2F2O2. The molecular weight excluding hydrogens is 296 g/mol. The van der Waals surface area contributed by atoms with Gasteiger partial charge in [-0.1, -0.05) is 23.2 Å². The lowest BCUT2D eigenvalue weighted by atomic mass is 10.3. The molecule has 2 aromatic rings. The van der Waals surface area contributed by atoms with E-state index < -0.39 is 11.6 Å². The average molecular weight is 303 g/mol. The third-order valence-corrected chi connectivity index (χ3v) is 2.81. The second kappa shape index (κ2) is 6.13. The molecule has 0 saturated carbocycles. The molecule has 0 N–H and O–H groups in total. The summed E-state index contributed by atoms with van der Waals surface area (Å²) in [7, 11) is -0.135. The predicted octanol–water partition coefficient (Wildman–Crippen LogP) is 4.00. The molecule has 0 bridgehead atoms. The minimum Gasteiger partial charge on any atom is -0.528 e. The van der Waals surface area contributed by atoms with Gasteiger partial charge in [0.05, 0.1) is 10.0 Å². The first-order valence-electron chi connectivity index (χ1n) is 5.22. The lowest BCUT2D eigenvalue weighted by Gasteiger charge is -2.08. The van der Waals surface area contributed by atoms with E-state index in [-0.39, 0.29) is 17.7 Å². The van der Waals surface area contributed by atoms with Crippen LogP contribution in [0, 0.1) is 11.6 Å². The number of halogens is 4. The van der Waals surface area contributed by atoms with E-state index >= 15 is 0 Å². The Morgan fingerprint density at radius 2 is 1.21 bits per heavy atom. The van der Waals surface area contributed by atoms with Gasteiger partial charge in [0.2, 0.25) is 0 Å². The lowest BCUT2D eigenvalue weighted by Crippen LogP contribution is -2.11. The van der Waals surface area contributed by atoms with Gasteiger partial charge in [0, 0.05) is 0 Å². The molecule has 0 atom stereocenters. The highest BCUT2D eigenvalue weighted by molar-refractivity contribution is 6.31. The monoisotopic (exact) mass is 302 g/mol. The third-order valence-electron chi connectivity index (χ3n) is 2.23. The van der Waals surface area contributed by atoms with Gasteiger partial charge in [-0.3, -0.25) is 0 Å². The van der Waals surface area contributed by atoms with Crippen molar-refractivity contribution in [3.05, 3.63) is 58.1 Å². The molecule has 0 heterocycles. The minimum absolute atomic E-state index is 0.0395. The van der Waals surface area contributed by atoms with Crippen LogP contribution in [0.4, 0.5) is 8.78 Å². The van der Waals surface area contributed by atoms with E-state index in [4.69, 9.17) is 32.5 Å². The van der Waals surface area contributed by atoms with Crippen LogP contribution in [0.1, 0.15) is 0 Å². The molecule has 0 fully saturated rings. The predicted molar refractivity (Wildman–Crippen MR) is 71.2 cm³/mol. The molecule has 0 aliphatic rings. The Labute approximate surface area is 119 Å². The molecule has 2 aromatic carbocycles. The topological polar surface area (TPSA) is 18.5 Å². The van der Waals surface area contributed by atoms with Crippen LogP contribution >= 0.6 is 23.2 Å². The van der Waals surface area contributed by atoms with Crippen LogP contribution in [-0.2, 0) is 0 Å². The molecule has 0 aliphatic heterocycles. The van der Waals surface area contributed by atoms with Crippen molar-refractivity contribution >= 4 is 30.9 Å². The standard InChI is InChI=1S/C12H7BCl2F2O2/c14-9-5-7(1-3-11(9)16)18-13-19-8-2-4-12(17)10(15)6-8/h1-6,13H. The van der Waals surface area contributed by atoms with E-state index in [1.54, 1.807) is 0 Å². The fraction of sp³-hybridized carbons (Fsp3) is 0. The minimum atomic E-state index is -0.528. The molecule has 0 aromatic heterocycles. The zero-order valence-electron chi connectivity index (χ0n) is 9.50. The lowest BCUT2D eigenvalue weighted by molar-refractivity contribution is 0.457. The first-order chi connectivity index (χ1) is 9.06. The van der Waals surface area contributed by atoms with Crippen LogP contribution in [0.5, 0.6) is 11.5 Å². The number of hydrogen-bond acceptors (Lipinski definition) is 2. The van der Waals surface area contributed by atoms with Gasteiger partial charge in [0.25, 0.3) is 0 Å². The Bertz CT molecular complexity index is 544. The SMILES string of the molecule is Fc1ccc(OBOc2ccc(F)c(Cl)c2)cc1Cl. The third kappa shape index (κ3) is 3.75. The van der Waals surface area contributed by atoms with Crippen molar-refractivity contribution in [1.82, 2.24) is 0 Å². The summed E-state index contributed by atoms with van der Waals surface area (Å²) in [5, 5.41) is -0.0790. The van der Waals surface area contributed by atoms with E-state index in [1.807, 2.05) is 0 Å². The summed E-state index contributed by atoms with van der Waals surface area (Å²) >= 11 is 11.2. The quantitative estimate of drug-likeness (QED) is 0.795. The highest BCUT2D eigenvalue weighted by Crippen LogP contribution is 2.22. The van der Waals surface area contributed by atoms with Crippen LogP contribution in [0.15, 0.2) is 36.4 Å². The van der Waals surface area contributed by atoms with E-state index in [0.717, 1.165) is 0 Å². The highest BCUT2D eigenvalue weighted by atomic mass is 35.5. The second-order valence-electron chi connectivity index (χ2n) is 3.56. The maximum atomic E-state index is 12.9. The van der Waals surface area contributed by atoms with Crippen molar-refractivity contribution in [3.63, 3.8) is 0 Å². The Kier molecular flexibility index (Phi) is 4.50. The number of rotatable bonds is 4. The van der Waals surface area contributed by atoms with Gasteiger partial charge < -0.3 is 9.31 Å². The van der Waals surface area contributed by atoms with Crippen molar-refractivity contribution in [2.24, 2.45) is 0 Å². The summed E-state index contributed by atoms with van der Waals surface area (Å²) in [6.07, 6.45) is 0. The summed E-state index contributed by atoms with van der Waals surface area (Å²) in [6, 6.07) is 7.87. The Morgan fingerprint density at radius 1 is 0.789 bits per heavy atom. The second-order valence-corrected chi connectivity index (χ2v) is 4.37. The van der Waals surface area contributed by atoms with Gasteiger partial charge in [-0.25, -0.2) is 8.78 Å². The number of benzene rings is 2. The molecule has 0 spiro atoms. The highest BCUT2D eigenvalue weighted by Gasteiger charge is 2.05.